The number of likely N-dealkylation sites (tertiary alicyclic amines) is 1. The lowest BCUT2D eigenvalue weighted by atomic mass is 9.87. The number of carbonyl (C=O) groups is 2. The van der Waals surface area contributed by atoms with Crippen molar-refractivity contribution in [2.24, 2.45) is 0 Å². The van der Waals surface area contributed by atoms with Crippen molar-refractivity contribution in [2.45, 2.75) is 25.3 Å². The number of methoxy groups -OCH3 is 1. The van der Waals surface area contributed by atoms with Crippen LogP contribution in [0.3, 0.4) is 0 Å². The van der Waals surface area contributed by atoms with Crippen LogP contribution in [-0.4, -0.2) is 68.2 Å². The Kier molecular flexibility index (Phi) is 4.95. The molecule has 0 spiro atoms. The van der Waals surface area contributed by atoms with Gasteiger partial charge in [-0.3, -0.25) is 4.79 Å². The third kappa shape index (κ3) is 2.93. The summed E-state index contributed by atoms with van der Waals surface area (Å²) in [4.78, 5) is 27.0. The van der Waals surface area contributed by atoms with E-state index < -0.39 is 5.54 Å². The first kappa shape index (κ1) is 14.8. The summed E-state index contributed by atoms with van der Waals surface area (Å²) >= 11 is 0. The molecule has 1 aliphatic heterocycles. The van der Waals surface area contributed by atoms with Gasteiger partial charge in [0, 0.05) is 27.2 Å². The quantitative estimate of drug-likeness (QED) is 0.738. The molecule has 0 atom stereocenters. The van der Waals surface area contributed by atoms with Crippen molar-refractivity contribution in [1.29, 1.82) is 0 Å². The van der Waals surface area contributed by atoms with Gasteiger partial charge in [-0.15, -0.1) is 0 Å². The second-order valence-corrected chi connectivity index (χ2v) is 4.77. The predicted octanol–water partition coefficient (Wildman–Crippen LogP) is 0.285. The van der Waals surface area contributed by atoms with Gasteiger partial charge in [-0.1, -0.05) is 6.92 Å². The molecule has 0 aliphatic carbocycles. The first-order valence-electron chi connectivity index (χ1n) is 6.26. The minimum absolute atomic E-state index is 0.00929. The largest absolute Gasteiger partial charge is 0.468 e. The van der Waals surface area contributed by atoms with Crippen molar-refractivity contribution in [3.05, 3.63) is 0 Å². The van der Waals surface area contributed by atoms with Crippen molar-refractivity contribution >= 4 is 12.0 Å². The third-order valence-corrected chi connectivity index (χ3v) is 3.36. The number of rotatable bonds is 3. The smallest absolute Gasteiger partial charge is 0.326 e. The van der Waals surface area contributed by atoms with Gasteiger partial charge in [0.15, 0.2) is 0 Å². The van der Waals surface area contributed by atoms with Gasteiger partial charge in [0.1, 0.15) is 5.54 Å². The molecule has 6 nitrogen and oxygen atoms in total. The average molecular weight is 257 g/mol. The van der Waals surface area contributed by atoms with E-state index in [0.717, 1.165) is 0 Å². The molecule has 0 unspecified atom stereocenters. The molecule has 0 saturated carbocycles. The predicted molar refractivity (Wildman–Crippen MR) is 68.3 cm³/mol. The number of carbonyl (C=O) groups excluding carboxylic acids is 2. The van der Waals surface area contributed by atoms with Crippen molar-refractivity contribution in [3.8, 4) is 0 Å². The van der Waals surface area contributed by atoms with E-state index in [1.54, 1.807) is 23.9 Å². The molecule has 1 aliphatic rings. The van der Waals surface area contributed by atoms with Crippen molar-refractivity contribution in [2.75, 3.05) is 40.8 Å². The van der Waals surface area contributed by atoms with Crippen LogP contribution in [0.15, 0.2) is 0 Å². The molecule has 2 amide bonds. The third-order valence-electron chi connectivity index (χ3n) is 3.36. The minimum atomic E-state index is -0.632. The summed E-state index contributed by atoms with van der Waals surface area (Å²) < 4.78 is 4.87. The Morgan fingerprint density at radius 1 is 1.33 bits per heavy atom. The van der Waals surface area contributed by atoms with E-state index in [9.17, 15) is 9.59 Å². The summed E-state index contributed by atoms with van der Waals surface area (Å²) in [5.74, 6) is -0.235. The Hall–Kier alpha value is -1.30. The lowest BCUT2D eigenvalue weighted by Crippen LogP contribution is -2.60. The van der Waals surface area contributed by atoms with E-state index in [4.69, 9.17) is 4.74 Å². The molecule has 1 heterocycles. The number of ether oxygens (including phenoxy) is 1. The normalized spacial score (nSPS) is 18.3. The first-order valence-corrected chi connectivity index (χ1v) is 6.26. The van der Waals surface area contributed by atoms with Crippen LogP contribution in [0.4, 0.5) is 4.79 Å². The molecular weight excluding hydrogens is 234 g/mol. The van der Waals surface area contributed by atoms with Crippen LogP contribution >= 0.6 is 0 Å². The highest BCUT2D eigenvalue weighted by molar-refractivity contribution is 5.81. The second-order valence-electron chi connectivity index (χ2n) is 4.77. The fourth-order valence-electron chi connectivity index (χ4n) is 2.35. The number of hydrogen-bond acceptors (Lipinski definition) is 4. The molecule has 0 radical (unpaired) electrons. The van der Waals surface area contributed by atoms with Crippen LogP contribution in [-0.2, 0) is 9.53 Å². The van der Waals surface area contributed by atoms with Crippen LogP contribution in [0.5, 0.6) is 0 Å². The van der Waals surface area contributed by atoms with Crippen molar-refractivity contribution in [3.63, 3.8) is 0 Å². The summed E-state index contributed by atoms with van der Waals surface area (Å²) in [7, 11) is 4.86. The van der Waals surface area contributed by atoms with Gasteiger partial charge < -0.3 is 19.9 Å². The average Bonchev–Trinajstić information content (AvgIpc) is 2.38. The molecular formula is C12H23N3O3. The molecule has 0 bridgehead atoms. The van der Waals surface area contributed by atoms with Crippen LogP contribution in [0.25, 0.3) is 0 Å². The van der Waals surface area contributed by atoms with Gasteiger partial charge >= 0.3 is 12.0 Å². The number of amides is 2. The molecule has 1 saturated heterocycles. The minimum Gasteiger partial charge on any atom is -0.468 e. The van der Waals surface area contributed by atoms with Gasteiger partial charge in [-0.25, -0.2) is 4.79 Å². The second kappa shape index (κ2) is 6.04. The van der Waals surface area contributed by atoms with Crippen LogP contribution in [0.1, 0.15) is 19.8 Å². The number of urea groups is 1. The number of nitrogens with zero attached hydrogens (tertiary/aromatic N) is 2. The molecule has 1 N–H and O–H groups in total. The SMILES string of the molecule is CCNC1(C(=O)OC)CCN(C(=O)N(C)C)CC1. The fraction of sp³-hybridized carbons (Fsp3) is 0.833. The number of esters is 1. The molecule has 0 aromatic rings. The van der Waals surface area contributed by atoms with E-state index in [0.29, 0.717) is 32.5 Å². The van der Waals surface area contributed by atoms with Crippen LogP contribution in [0, 0.1) is 0 Å². The Morgan fingerprint density at radius 2 is 1.89 bits per heavy atom. The Bertz CT molecular complexity index is 310. The van der Waals surface area contributed by atoms with Crippen LogP contribution < -0.4 is 5.32 Å². The molecule has 1 rings (SSSR count). The number of piperidine rings is 1. The van der Waals surface area contributed by atoms with Gasteiger partial charge in [0.05, 0.1) is 7.11 Å². The van der Waals surface area contributed by atoms with Gasteiger partial charge in [0.25, 0.3) is 0 Å². The zero-order chi connectivity index (χ0) is 13.8. The topological polar surface area (TPSA) is 61.9 Å². The van der Waals surface area contributed by atoms with E-state index in [1.165, 1.54) is 7.11 Å². The van der Waals surface area contributed by atoms with Gasteiger partial charge in [-0.05, 0) is 19.4 Å². The molecule has 104 valence electrons. The number of hydrogen-bond donors (Lipinski definition) is 1. The van der Waals surface area contributed by atoms with Crippen molar-refractivity contribution in [1.82, 2.24) is 15.1 Å². The van der Waals surface area contributed by atoms with E-state index in [1.807, 2.05) is 6.92 Å². The summed E-state index contributed by atoms with van der Waals surface area (Å²) in [6, 6.07) is -0.00929. The maximum Gasteiger partial charge on any atom is 0.326 e. The highest BCUT2D eigenvalue weighted by Gasteiger charge is 2.42. The standard InChI is InChI=1S/C12H23N3O3/c1-5-13-12(10(16)18-4)6-8-15(9-7-12)11(17)14(2)3/h13H,5-9H2,1-4H3. The lowest BCUT2D eigenvalue weighted by molar-refractivity contribution is -0.150. The highest BCUT2D eigenvalue weighted by Crippen LogP contribution is 2.24. The Balaban J connectivity index is 2.69. The number of nitrogens with one attached hydrogen (secondary N) is 1. The van der Waals surface area contributed by atoms with Crippen LogP contribution in [0.2, 0.25) is 0 Å². The van der Waals surface area contributed by atoms with E-state index in [2.05, 4.69) is 5.32 Å². The summed E-state index contributed by atoms with van der Waals surface area (Å²) in [6.45, 7) is 3.80. The summed E-state index contributed by atoms with van der Waals surface area (Å²) in [5.41, 5.74) is -0.632. The summed E-state index contributed by atoms with van der Waals surface area (Å²) in [6.07, 6.45) is 1.18. The maximum absolute atomic E-state index is 11.9. The van der Waals surface area contributed by atoms with E-state index >= 15 is 0 Å². The van der Waals surface area contributed by atoms with Crippen molar-refractivity contribution < 1.29 is 14.3 Å². The highest BCUT2D eigenvalue weighted by atomic mass is 16.5. The van der Waals surface area contributed by atoms with Gasteiger partial charge in [0.2, 0.25) is 0 Å². The fourth-order valence-corrected chi connectivity index (χ4v) is 2.35. The Morgan fingerprint density at radius 3 is 2.28 bits per heavy atom. The van der Waals surface area contributed by atoms with E-state index in [-0.39, 0.29) is 12.0 Å². The maximum atomic E-state index is 11.9. The summed E-state index contributed by atoms with van der Waals surface area (Å²) in [5, 5.41) is 3.21. The molecule has 0 aromatic heterocycles. The zero-order valence-electron chi connectivity index (χ0n) is 11.7. The Labute approximate surface area is 108 Å². The monoisotopic (exact) mass is 257 g/mol. The first-order chi connectivity index (χ1) is 8.46. The number of likely N-dealkylation sites (N-methyl/N-ethyl adjacent to an activating group) is 1. The molecule has 1 fully saturated rings. The zero-order valence-corrected chi connectivity index (χ0v) is 11.7. The molecule has 0 aromatic carbocycles. The molecule has 18 heavy (non-hydrogen) atoms. The lowest BCUT2D eigenvalue weighted by Gasteiger charge is -2.40. The molecule has 6 heteroatoms. The van der Waals surface area contributed by atoms with Gasteiger partial charge in [-0.2, -0.15) is 0 Å².